The zero-order valence-electron chi connectivity index (χ0n) is 16.3. The van der Waals surface area contributed by atoms with Crippen molar-refractivity contribution in [3.8, 4) is 0 Å². The van der Waals surface area contributed by atoms with Crippen LogP contribution < -0.4 is 4.90 Å². The highest BCUT2D eigenvalue weighted by Crippen LogP contribution is 2.23. The van der Waals surface area contributed by atoms with Crippen LogP contribution in [0.1, 0.15) is 23.9 Å². The van der Waals surface area contributed by atoms with E-state index in [0.717, 1.165) is 35.2 Å². The molecule has 1 fully saturated rings. The van der Waals surface area contributed by atoms with E-state index in [9.17, 15) is 9.18 Å². The number of halogens is 1. The Labute approximate surface area is 174 Å². The van der Waals surface area contributed by atoms with Crippen LogP contribution in [0.15, 0.2) is 54.6 Å². The molecule has 2 heterocycles. The average Bonchev–Trinajstić information content (AvgIpc) is 3.19. The first-order chi connectivity index (χ1) is 14.1. The second-order valence-corrected chi connectivity index (χ2v) is 8.07. The number of rotatable bonds is 5. The molecule has 0 spiro atoms. The van der Waals surface area contributed by atoms with Gasteiger partial charge in [0.1, 0.15) is 11.6 Å². The van der Waals surface area contributed by atoms with Crippen LogP contribution in [0, 0.1) is 5.82 Å². The Morgan fingerprint density at radius 2 is 1.86 bits per heavy atom. The van der Waals surface area contributed by atoms with E-state index in [-0.39, 0.29) is 17.8 Å². The van der Waals surface area contributed by atoms with Gasteiger partial charge >= 0.3 is 0 Å². The van der Waals surface area contributed by atoms with Crippen molar-refractivity contribution in [2.75, 3.05) is 24.5 Å². The Hall–Kier alpha value is -2.80. The molecule has 1 saturated heterocycles. The van der Waals surface area contributed by atoms with E-state index >= 15 is 0 Å². The van der Waals surface area contributed by atoms with E-state index in [1.807, 2.05) is 35.2 Å². The normalized spacial score (nSPS) is 16.8. The van der Waals surface area contributed by atoms with Crippen LogP contribution in [0.5, 0.6) is 0 Å². The summed E-state index contributed by atoms with van der Waals surface area (Å²) in [6.45, 7) is 4.25. The van der Waals surface area contributed by atoms with Crippen molar-refractivity contribution in [1.29, 1.82) is 0 Å². The first kappa shape index (κ1) is 19.5. The Balaban J connectivity index is 1.35. The minimum atomic E-state index is -0.241. The van der Waals surface area contributed by atoms with Gasteiger partial charge in [0.05, 0.1) is 6.42 Å². The largest absolute Gasteiger partial charge is 0.343 e. The Bertz CT molecular complexity index is 960. The number of hydrogen-bond acceptors (Lipinski definition) is 5. The fourth-order valence-corrected chi connectivity index (χ4v) is 4.32. The van der Waals surface area contributed by atoms with Gasteiger partial charge in [0, 0.05) is 43.6 Å². The highest BCUT2D eigenvalue weighted by molar-refractivity contribution is 7.09. The van der Waals surface area contributed by atoms with Crippen molar-refractivity contribution in [2.45, 2.75) is 25.8 Å². The molecule has 1 aliphatic rings. The average molecular weight is 411 g/mol. The van der Waals surface area contributed by atoms with Gasteiger partial charge in [0.2, 0.25) is 11.0 Å². The first-order valence-corrected chi connectivity index (χ1v) is 10.5. The maximum absolute atomic E-state index is 13.1. The number of piperazine rings is 1. The van der Waals surface area contributed by atoms with Gasteiger partial charge in [-0.05, 0) is 30.2 Å². The predicted molar refractivity (Wildman–Crippen MR) is 113 cm³/mol. The van der Waals surface area contributed by atoms with Crippen LogP contribution >= 0.6 is 11.5 Å². The van der Waals surface area contributed by atoms with Gasteiger partial charge in [-0.15, -0.1) is 0 Å². The fraction of sp³-hybridized carbons (Fsp3) is 0.318. The third kappa shape index (κ3) is 4.79. The topological polar surface area (TPSA) is 49.3 Å². The van der Waals surface area contributed by atoms with Crippen molar-refractivity contribution in [2.24, 2.45) is 0 Å². The minimum Gasteiger partial charge on any atom is -0.343 e. The highest BCUT2D eigenvalue weighted by Gasteiger charge is 2.28. The lowest BCUT2D eigenvalue weighted by Crippen LogP contribution is -2.54. The van der Waals surface area contributed by atoms with Crippen molar-refractivity contribution in [3.63, 3.8) is 0 Å². The van der Waals surface area contributed by atoms with Crippen molar-refractivity contribution >= 4 is 22.6 Å². The van der Waals surface area contributed by atoms with Gasteiger partial charge < -0.3 is 9.80 Å². The number of aromatic nitrogens is 2. The lowest BCUT2D eigenvalue weighted by Gasteiger charge is -2.39. The molecule has 0 bridgehead atoms. The molecule has 0 aliphatic carbocycles. The predicted octanol–water partition coefficient (Wildman–Crippen LogP) is 3.55. The van der Waals surface area contributed by atoms with Gasteiger partial charge in [-0.2, -0.15) is 4.37 Å². The Morgan fingerprint density at radius 3 is 2.59 bits per heavy atom. The standard InChI is InChI=1S/C22H23FN4OS/c1-16-15-26(11-12-27(16)21(28)14-17-5-3-2-4-6-17)22-24-20(25-29-22)13-18-7-9-19(23)10-8-18/h2-10,16H,11-15H2,1H3/t16-/m0/s1. The van der Waals surface area contributed by atoms with E-state index in [1.54, 1.807) is 12.1 Å². The molecule has 1 atom stereocenters. The maximum atomic E-state index is 13.1. The molecule has 7 heteroatoms. The smallest absolute Gasteiger partial charge is 0.227 e. The summed E-state index contributed by atoms with van der Waals surface area (Å²) in [6, 6.07) is 16.4. The second-order valence-electron chi connectivity index (χ2n) is 7.34. The molecular weight excluding hydrogens is 387 g/mol. The molecule has 1 aromatic heterocycles. The molecule has 4 rings (SSSR count). The third-order valence-electron chi connectivity index (χ3n) is 5.15. The number of carbonyl (C=O) groups is 1. The monoisotopic (exact) mass is 410 g/mol. The molecule has 150 valence electrons. The van der Waals surface area contributed by atoms with Crippen LogP contribution in [0.4, 0.5) is 9.52 Å². The van der Waals surface area contributed by atoms with E-state index in [2.05, 4.69) is 21.2 Å². The summed E-state index contributed by atoms with van der Waals surface area (Å²) in [5.74, 6) is 0.666. The van der Waals surface area contributed by atoms with E-state index in [4.69, 9.17) is 0 Å². The summed E-state index contributed by atoms with van der Waals surface area (Å²) < 4.78 is 17.5. The van der Waals surface area contributed by atoms with E-state index < -0.39 is 0 Å². The summed E-state index contributed by atoms with van der Waals surface area (Å²) in [4.78, 5) is 21.5. The van der Waals surface area contributed by atoms with Crippen molar-refractivity contribution in [1.82, 2.24) is 14.3 Å². The molecule has 1 aliphatic heterocycles. The minimum absolute atomic E-state index is 0.115. The van der Waals surface area contributed by atoms with E-state index in [1.165, 1.54) is 23.7 Å². The molecule has 5 nitrogen and oxygen atoms in total. The van der Waals surface area contributed by atoms with Crippen molar-refractivity contribution in [3.05, 3.63) is 77.4 Å². The molecule has 0 saturated carbocycles. The molecule has 2 aromatic carbocycles. The van der Waals surface area contributed by atoms with Crippen LogP contribution in [-0.4, -0.2) is 45.8 Å². The fourth-order valence-electron chi connectivity index (χ4n) is 3.60. The molecule has 3 aromatic rings. The summed E-state index contributed by atoms with van der Waals surface area (Å²) in [5, 5.41) is 0.879. The summed E-state index contributed by atoms with van der Waals surface area (Å²) >= 11 is 1.38. The van der Waals surface area contributed by atoms with Gasteiger partial charge in [0.25, 0.3) is 0 Å². The lowest BCUT2D eigenvalue weighted by atomic mass is 10.1. The number of amides is 1. The number of anilines is 1. The third-order valence-corrected chi connectivity index (χ3v) is 5.96. The zero-order chi connectivity index (χ0) is 20.2. The second kappa shape index (κ2) is 8.69. The molecule has 0 unspecified atom stereocenters. The van der Waals surface area contributed by atoms with Crippen LogP contribution in [-0.2, 0) is 17.6 Å². The zero-order valence-corrected chi connectivity index (χ0v) is 17.1. The summed E-state index contributed by atoms with van der Waals surface area (Å²) in [6.07, 6.45) is 1.02. The van der Waals surface area contributed by atoms with Crippen molar-refractivity contribution < 1.29 is 9.18 Å². The number of nitrogens with zero attached hydrogens (tertiary/aromatic N) is 4. The molecule has 0 N–H and O–H groups in total. The quantitative estimate of drug-likeness (QED) is 0.646. The lowest BCUT2D eigenvalue weighted by molar-refractivity contribution is -0.132. The van der Waals surface area contributed by atoms with E-state index in [0.29, 0.717) is 19.4 Å². The van der Waals surface area contributed by atoms with Crippen LogP contribution in [0.25, 0.3) is 0 Å². The summed E-state index contributed by atoms with van der Waals surface area (Å²) in [5.41, 5.74) is 2.03. The highest BCUT2D eigenvalue weighted by atomic mass is 32.1. The van der Waals surface area contributed by atoms with Crippen LogP contribution in [0.2, 0.25) is 0 Å². The number of hydrogen-bond donors (Lipinski definition) is 0. The molecular formula is C22H23FN4OS. The SMILES string of the molecule is C[C@H]1CN(c2nc(Cc3ccc(F)cc3)ns2)CCN1C(=O)Cc1ccccc1. The molecule has 1 amide bonds. The van der Waals surface area contributed by atoms with Gasteiger partial charge in [0.15, 0.2) is 0 Å². The van der Waals surface area contributed by atoms with Gasteiger partial charge in [-0.3, -0.25) is 4.79 Å². The first-order valence-electron chi connectivity index (χ1n) is 9.74. The van der Waals surface area contributed by atoms with Crippen LogP contribution in [0.3, 0.4) is 0 Å². The number of benzene rings is 2. The number of carbonyl (C=O) groups excluding carboxylic acids is 1. The summed E-state index contributed by atoms with van der Waals surface area (Å²) in [7, 11) is 0. The molecule has 29 heavy (non-hydrogen) atoms. The Morgan fingerprint density at radius 1 is 1.10 bits per heavy atom. The Kier molecular flexibility index (Phi) is 5.85. The maximum Gasteiger partial charge on any atom is 0.227 e. The molecule has 0 radical (unpaired) electrons. The van der Waals surface area contributed by atoms with Gasteiger partial charge in [-0.1, -0.05) is 42.5 Å². The van der Waals surface area contributed by atoms with Gasteiger partial charge in [-0.25, -0.2) is 9.37 Å².